The van der Waals surface area contributed by atoms with Gasteiger partial charge < -0.3 is 0 Å². The van der Waals surface area contributed by atoms with E-state index in [-0.39, 0.29) is 5.01 Å². The van der Waals surface area contributed by atoms with Crippen LogP contribution < -0.4 is 0 Å². The molecule has 0 fully saturated rings. The van der Waals surface area contributed by atoms with E-state index < -0.39 is 6.43 Å². The van der Waals surface area contributed by atoms with Crippen LogP contribution in [0.3, 0.4) is 0 Å². The predicted octanol–water partition coefficient (Wildman–Crippen LogP) is 3.75. The van der Waals surface area contributed by atoms with E-state index in [0.717, 1.165) is 16.9 Å². The quantitative estimate of drug-likeness (QED) is 0.737. The first kappa shape index (κ1) is 9.27. The fourth-order valence-electron chi connectivity index (χ4n) is 1.13. The molecule has 0 saturated carbocycles. The number of rotatable bonds is 2. The number of hydrogen-bond acceptors (Lipinski definition) is 2. The largest absolute Gasteiger partial charge is 0.289 e. The lowest BCUT2D eigenvalue weighted by Crippen LogP contribution is -1.82. The third kappa shape index (κ3) is 1.80. The Hall–Kier alpha value is -1.29. The molecule has 0 N–H and O–H groups in total. The van der Waals surface area contributed by atoms with Gasteiger partial charge in [0, 0.05) is 10.9 Å². The Bertz CT molecular complexity index is 411. The first-order valence-corrected chi connectivity index (χ1v) is 4.94. The molecule has 1 nitrogen and oxygen atoms in total. The number of halogens is 2. The van der Waals surface area contributed by atoms with E-state index in [9.17, 15) is 8.78 Å². The van der Waals surface area contributed by atoms with Crippen LogP contribution in [0.4, 0.5) is 8.78 Å². The molecule has 4 heteroatoms. The van der Waals surface area contributed by atoms with Crippen molar-refractivity contribution >= 4 is 11.3 Å². The molecule has 1 heterocycles. The van der Waals surface area contributed by atoms with Crippen LogP contribution in [0.1, 0.15) is 11.4 Å². The van der Waals surface area contributed by atoms with Crippen LogP contribution in [0.5, 0.6) is 0 Å². The Balaban J connectivity index is 2.34. The molecule has 1 aromatic carbocycles. The Morgan fingerprint density at radius 3 is 2.43 bits per heavy atom. The van der Waals surface area contributed by atoms with Gasteiger partial charge in [0.15, 0.2) is 5.01 Å². The van der Waals surface area contributed by atoms with Gasteiger partial charge in [-0.3, -0.25) is 0 Å². The number of thiazole rings is 1. The van der Waals surface area contributed by atoms with E-state index in [0.29, 0.717) is 5.69 Å². The van der Waals surface area contributed by atoms with Crippen molar-refractivity contribution in [3.63, 3.8) is 0 Å². The second-order valence-corrected chi connectivity index (χ2v) is 3.63. The van der Waals surface area contributed by atoms with Gasteiger partial charge in [0.25, 0.3) is 6.43 Å². The van der Waals surface area contributed by atoms with Crippen LogP contribution in [0, 0.1) is 0 Å². The molecule has 0 unspecified atom stereocenters. The van der Waals surface area contributed by atoms with Gasteiger partial charge >= 0.3 is 0 Å². The maximum absolute atomic E-state index is 12.2. The van der Waals surface area contributed by atoms with Gasteiger partial charge in [0.2, 0.25) is 0 Å². The molecule has 0 spiro atoms. The molecule has 0 aliphatic heterocycles. The fraction of sp³-hybridized carbons (Fsp3) is 0.100. The third-order valence-corrected chi connectivity index (χ3v) is 2.63. The highest BCUT2D eigenvalue weighted by Crippen LogP contribution is 2.27. The number of hydrogen-bond donors (Lipinski definition) is 0. The van der Waals surface area contributed by atoms with Crippen LogP contribution in [0.2, 0.25) is 0 Å². The van der Waals surface area contributed by atoms with Crippen LogP contribution >= 0.6 is 11.3 Å². The molecule has 0 atom stereocenters. The SMILES string of the molecule is FC(F)c1nc(-c2ccccc2)cs1. The summed E-state index contributed by atoms with van der Waals surface area (Å²) in [7, 11) is 0. The molecule has 2 rings (SSSR count). The zero-order valence-corrected chi connectivity index (χ0v) is 7.97. The monoisotopic (exact) mass is 211 g/mol. The predicted molar refractivity (Wildman–Crippen MR) is 52.5 cm³/mol. The summed E-state index contributed by atoms with van der Waals surface area (Å²) in [4.78, 5) is 3.85. The summed E-state index contributed by atoms with van der Waals surface area (Å²) in [6, 6.07) is 9.30. The van der Waals surface area contributed by atoms with Crippen LogP contribution in [-0.4, -0.2) is 4.98 Å². The highest BCUT2D eigenvalue weighted by molar-refractivity contribution is 7.10. The first-order chi connectivity index (χ1) is 6.77. The van der Waals surface area contributed by atoms with Crippen LogP contribution in [0.15, 0.2) is 35.7 Å². The first-order valence-electron chi connectivity index (χ1n) is 4.06. The van der Waals surface area contributed by atoms with E-state index in [1.165, 1.54) is 0 Å². The Morgan fingerprint density at radius 2 is 1.86 bits per heavy atom. The minimum absolute atomic E-state index is 0.121. The Morgan fingerprint density at radius 1 is 1.14 bits per heavy atom. The summed E-state index contributed by atoms with van der Waals surface area (Å²) in [5, 5.41) is 1.53. The minimum Gasteiger partial charge on any atom is -0.235 e. The maximum atomic E-state index is 12.2. The lowest BCUT2D eigenvalue weighted by atomic mass is 10.2. The average molecular weight is 211 g/mol. The highest BCUT2D eigenvalue weighted by Gasteiger charge is 2.12. The summed E-state index contributed by atoms with van der Waals surface area (Å²) in [6.07, 6.45) is -2.47. The van der Waals surface area contributed by atoms with Gasteiger partial charge in [0.05, 0.1) is 5.69 Å². The van der Waals surface area contributed by atoms with Crippen molar-refractivity contribution in [2.45, 2.75) is 6.43 Å². The molecule has 72 valence electrons. The van der Waals surface area contributed by atoms with Crippen LogP contribution in [0.25, 0.3) is 11.3 Å². The zero-order chi connectivity index (χ0) is 9.97. The van der Waals surface area contributed by atoms with Gasteiger partial charge in [-0.15, -0.1) is 11.3 Å². The summed E-state index contributed by atoms with van der Waals surface area (Å²) in [6.45, 7) is 0. The number of aromatic nitrogens is 1. The molecular formula is C10H7F2NS. The number of benzene rings is 1. The van der Waals surface area contributed by atoms with Crippen molar-refractivity contribution in [2.24, 2.45) is 0 Å². The second-order valence-electron chi connectivity index (χ2n) is 2.74. The summed E-state index contributed by atoms with van der Waals surface area (Å²) in [5.41, 5.74) is 1.49. The molecule has 0 radical (unpaired) electrons. The van der Waals surface area contributed by atoms with Crippen molar-refractivity contribution < 1.29 is 8.78 Å². The molecule has 0 aliphatic rings. The normalized spacial score (nSPS) is 10.8. The summed E-state index contributed by atoms with van der Waals surface area (Å²) >= 11 is 0.991. The lowest BCUT2D eigenvalue weighted by Gasteiger charge is -1.94. The van der Waals surface area contributed by atoms with Crippen LogP contribution in [-0.2, 0) is 0 Å². The summed E-state index contributed by atoms with van der Waals surface area (Å²) < 4.78 is 24.5. The molecule has 0 amide bonds. The molecule has 0 bridgehead atoms. The molecule has 0 saturated heterocycles. The number of alkyl halides is 2. The van der Waals surface area contributed by atoms with E-state index in [1.54, 1.807) is 5.38 Å². The Labute approximate surface area is 84.0 Å². The third-order valence-electron chi connectivity index (χ3n) is 1.78. The van der Waals surface area contributed by atoms with Crippen molar-refractivity contribution in [1.82, 2.24) is 4.98 Å². The molecular weight excluding hydrogens is 204 g/mol. The topological polar surface area (TPSA) is 12.9 Å². The van der Waals surface area contributed by atoms with Crippen molar-refractivity contribution in [3.8, 4) is 11.3 Å². The zero-order valence-electron chi connectivity index (χ0n) is 7.15. The van der Waals surface area contributed by atoms with E-state index in [2.05, 4.69) is 4.98 Å². The van der Waals surface area contributed by atoms with Gasteiger partial charge in [-0.25, -0.2) is 13.8 Å². The highest BCUT2D eigenvalue weighted by atomic mass is 32.1. The van der Waals surface area contributed by atoms with Crippen molar-refractivity contribution in [2.75, 3.05) is 0 Å². The molecule has 1 aromatic heterocycles. The van der Waals surface area contributed by atoms with E-state index >= 15 is 0 Å². The molecule has 14 heavy (non-hydrogen) atoms. The Kier molecular flexibility index (Phi) is 2.54. The smallest absolute Gasteiger partial charge is 0.235 e. The molecule has 0 aliphatic carbocycles. The van der Waals surface area contributed by atoms with Crippen molar-refractivity contribution in [3.05, 3.63) is 40.7 Å². The number of nitrogens with zero attached hydrogens (tertiary/aromatic N) is 1. The molecule has 2 aromatic rings. The van der Waals surface area contributed by atoms with Gasteiger partial charge in [0.1, 0.15) is 0 Å². The van der Waals surface area contributed by atoms with Gasteiger partial charge in [-0.2, -0.15) is 0 Å². The standard InChI is InChI=1S/C10H7F2NS/c11-9(12)10-13-8(6-14-10)7-4-2-1-3-5-7/h1-6,9H. The van der Waals surface area contributed by atoms with Crippen molar-refractivity contribution in [1.29, 1.82) is 0 Å². The fourth-order valence-corrected chi connectivity index (χ4v) is 1.80. The average Bonchev–Trinajstić information content (AvgIpc) is 2.68. The van der Waals surface area contributed by atoms with E-state index in [4.69, 9.17) is 0 Å². The maximum Gasteiger partial charge on any atom is 0.289 e. The van der Waals surface area contributed by atoms with Gasteiger partial charge in [-0.1, -0.05) is 30.3 Å². The van der Waals surface area contributed by atoms with E-state index in [1.807, 2.05) is 30.3 Å². The lowest BCUT2D eigenvalue weighted by molar-refractivity contribution is 0.151. The second kappa shape index (κ2) is 3.84. The van der Waals surface area contributed by atoms with Gasteiger partial charge in [-0.05, 0) is 0 Å². The minimum atomic E-state index is -2.47. The summed E-state index contributed by atoms with van der Waals surface area (Å²) in [5.74, 6) is 0.